The second-order valence-corrected chi connectivity index (χ2v) is 12.6. The highest BCUT2D eigenvalue weighted by Crippen LogP contribution is 2.41. The zero-order valence-corrected chi connectivity index (χ0v) is 24.3. The highest BCUT2D eigenvalue weighted by Gasteiger charge is 2.32. The fraction of sp³-hybridized carbons (Fsp3) is 0.367. The van der Waals surface area contributed by atoms with Crippen molar-refractivity contribution in [1.82, 2.24) is 9.88 Å². The van der Waals surface area contributed by atoms with Gasteiger partial charge in [-0.15, -0.1) is 0 Å². The molecule has 1 N–H and O–H groups in total. The summed E-state index contributed by atoms with van der Waals surface area (Å²) < 4.78 is 42.4. The van der Waals surface area contributed by atoms with Gasteiger partial charge >= 0.3 is 5.63 Å². The van der Waals surface area contributed by atoms with Gasteiger partial charge in [0.2, 0.25) is 11.8 Å². The molecule has 0 spiro atoms. The van der Waals surface area contributed by atoms with Crippen molar-refractivity contribution in [3.8, 4) is 11.5 Å². The third-order valence-electron chi connectivity index (χ3n) is 7.45. The average Bonchev–Trinajstić information content (AvgIpc) is 3.32. The van der Waals surface area contributed by atoms with Crippen molar-refractivity contribution < 1.29 is 26.6 Å². The minimum absolute atomic E-state index is 0.0988. The second-order valence-electron chi connectivity index (χ2n) is 11.0. The Bertz CT molecular complexity index is 1800. The summed E-state index contributed by atoms with van der Waals surface area (Å²) in [6, 6.07) is 12.9. The first-order valence-electron chi connectivity index (χ1n) is 13.5. The third kappa shape index (κ3) is 6.06. The summed E-state index contributed by atoms with van der Waals surface area (Å²) >= 11 is 0. The number of amides is 1. The normalized spacial score (nSPS) is 14.8. The molecular weight excluding hydrogens is 546 g/mol. The van der Waals surface area contributed by atoms with Crippen LogP contribution in [0.5, 0.6) is 0 Å². The Morgan fingerprint density at radius 2 is 1.80 bits per heavy atom. The maximum Gasteiger partial charge on any atom is 0.349 e. The highest BCUT2D eigenvalue weighted by atomic mass is 32.2. The van der Waals surface area contributed by atoms with Gasteiger partial charge in [0.25, 0.3) is 10.1 Å². The van der Waals surface area contributed by atoms with E-state index < -0.39 is 15.7 Å². The van der Waals surface area contributed by atoms with Crippen LogP contribution in [0.15, 0.2) is 62.2 Å². The average molecular weight is 580 g/mol. The van der Waals surface area contributed by atoms with Crippen molar-refractivity contribution in [3.05, 3.63) is 64.5 Å². The van der Waals surface area contributed by atoms with Crippen molar-refractivity contribution in [3.63, 3.8) is 0 Å². The largest absolute Gasteiger partial charge is 0.436 e. The number of carbonyl (C=O) groups is 1. The number of rotatable bonds is 9. The summed E-state index contributed by atoms with van der Waals surface area (Å²) in [4.78, 5) is 33.8. The van der Waals surface area contributed by atoms with Crippen LogP contribution in [0.25, 0.3) is 39.1 Å². The Labute approximate surface area is 238 Å². The van der Waals surface area contributed by atoms with Crippen LogP contribution >= 0.6 is 0 Å². The quantitative estimate of drug-likeness (QED) is 0.212. The van der Waals surface area contributed by atoms with Gasteiger partial charge in [-0.1, -0.05) is 18.2 Å². The number of oxazole rings is 1. The van der Waals surface area contributed by atoms with Gasteiger partial charge < -0.3 is 18.6 Å². The van der Waals surface area contributed by atoms with E-state index in [9.17, 15) is 18.0 Å². The number of nitrogens with zero attached hydrogens (tertiary/aromatic N) is 3. The number of allylic oxidation sites excluding steroid dienone is 1. The Kier molecular flexibility index (Phi) is 7.52. The number of fused-ring (bicyclic) bond motifs is 3. The van der Waals surface area contributed by atoms with Gasteiger partial charge in [-0.25, -0.2) is 9.78 Å². The van der Waals surface area contributed by atoms with Crippen molar-refractivity contribution in [2.75, 3.05) is 30.8 Å². The van der Waals surface area contributed by atoms with Crippen LogP contribution < -0.4 is 10.5 Å². The van der Waals surface area contributed by atoms with E-state index in [1.165, 1.54) is 4.90 Å². The molecule has 0 fully saturated rings. The van der Waals surface area contributed by atoms with Crippen molar-refractivity contribution in [2.45, 2.75) is 45.6 Å². The minimum atomic E-state index is -4.05. The molecule has 0 atom stereocenters. The van der Waals surface area contributed by atoms with E-state index in [1.54, 1.807) is 19.2 Å². The van der Waals surface area contributed by atoms with Gasteiger partial charge in [0.05, 0.1) is 11.3 Å². The van der Waals surface area contributed by atoms with Crippen LogP contribution in [0.3, 0.4) is 0 Å². The summed E-state index contributed by atoms with van der Waals surface area (Å²) in [6.45, 7) is 7.06. The molecule has 0 radical (unpaired) electrons. The number of anilines is 1. The summed E-state index contributed by atoms with van der Waals surface area (Å²) in [5.74, 6) is -0.268. The van der Waals surface area contributed by atoms with E-state index in [4.69, 9.17) is 13.4 Å². The lowest BCUT2D eigenvalue weighted by atomic mass is 9.87. The topological polar surface area (TPSA) is 134 Å². The van der Waals surface area contributed by atoms with Crippen LogP contribution in [-0.2, 0) is 14.9 Å². The molecule has 2 aromatic heterocycles. The molecule has 11 heteroatoms. The predicted molar refractivity (Wildman–Crippen MR) is 158 cm³/mol. The molecule has 5 rings (SSSR count). The summed E-state index contributed by atoms with van der Waals surface area (Å²) in [7, 11) is -2.42. The molecule has 1 aliphatic heterocycles. The summed E-state index contributed by atoms with van der Waals surface area (Å²) in [5, 5.41) is 0.745. The first-order chi connectivity index (χ1) is 19.3. The molecule has 10 nitrogen and oxygen atoms in total. The number of carbonyl (C=O) groups excluding carboxylic acids is 1. The molecule has 41 heavy (non-hydrogen) atoms. The molecule has 0 saturated heterocycles. The smallest absolute Gasteiger partial charge is 0.349 e. The second kappa shape index (κ2) is 10.8. The number of hydrogen-bond donors (Lipinski definition) is 1. The maximum absolute atomic E-state index is 13.0. The standard InChI is InChI=1S/C30H33N3O7S/c1-19-18-30(2,3)33(13-7-11-27(34)32(4)12-8-14-41(36,37)38)24-17-26-20(15-21(19)24)16-22(29(35)40-26)28-31-23-9-5-6-10-25(23)39-28/h5-6,9-10,15-18H,7-8,11-14H2,1-4H3,(H,36,37,38). The van der Waals surface area contributed by atoms with Gasteiger partial charge in [0.15, 0.2) is 5.58 Å². The van der Waals surface area contributed by atoms with Crippen LogP contribution in [0.1, 0.15) is 45.6 Å². The fourth-order valence-corrected chi connectivity index (χ4v) is 5.92. The highest BCUT2D eigenvalue weighted by molar-refractivity contribution is 7.85. The van der Waals surface area contributed by atoms with Crippen LogP contribution in [0.2, 0.25) is 0 Å². The molecule has 0 unspecified atom stereocenters. The molecule has 1 aliphatic rings. The predicted octanol–water partition coefficient (Wildman–Crippen LogP) is 5.12. The Hall–Kier alpha value is -3.96. The molecule has 1 amide bonds. The van der Waals surface area contributed by atoms with E-state index in [-0.39, 0.29) is 48.0 Å². The lowest BCUT2D eigenvalue weighted by Gasteiger charge is -2.43. The Balaban J connectivity index is 1.39. The number of para-hydroxylation sites is 2. The van der Waals surface area contributed by atoms with E-state index in [2.05, 4.69) is 36.7 Å². The monoisotopic (exact) mass is 579 g/mol. The van der Waals surface area contributed by atoms with Gasteiger partial charge in [-0.3, -0.25) is 9.35 Å². The zero-order chi connectivity index (χ0) is 29.5. The van der Waals surface area contributed by atoms with Gasteiger partial charge in [0.1, 0.15) is 16.7 Å². The molecule has 0 aliphatic carbocycles. The number of benzene rings is 2. The molecular formula is C30H33N3O7S. The molecule has 4 aromatic rings. The first-order valence-corrected chi connectivity index (χ1v) is 15.1. The van der Waals surface area contributed by atoms with Crippen LogP contribution in [0.4, 0.5) is 5.69 Å². The molecule has 2 aromatic carbocycles. The number of hydrogen-bond acceptors (Lipinski definition) is 8. The van der Waals surface area contributed by atoms with Crippen LogP contribution in [0, 0.1) is 0 Å². The Morgan fingerprint density at radius 1 is 1.07 bits per heavy atom. The van der Waals surface area contributed by atoms with E-state index in [0.717, 1.165) is 22.2 Å². The van der Waals surface area contributed by atoms with E-state index >= 15 is 0 Å². The van der Waals surface area contributed by atoms with Crippen molar-refractivity contribution in [2.24, 2.45) is 0 Å². The minimum Gasteiger partial charge on any atom is -0.436 e. The van der Waals surface area contributed by atoms with E-state index in [1.807, 2.05) is 30.3 Å². The van der Waals surface area contributed by atoms with E-state index in [0.29, 0.717) is 29.6 Å². The lowest BCUT2D eigenvalue weighted by molar-refractivity contribution is -0.130. The van der Waals surface area contributed by atoms with Crippen molar-refractivity contribution >= 4 is 49.4 Å². The zero-order valence-electron chi connectivity index (χ0n) is 23.5. The van der Waals surface area contributed by atoms with Gasteiger partial charge in [-0.05, 0) is 63.5 Å². The molecule has 216 valence electrons. The third-order valence-corrected chi connectivity index (χ3v) is 8.25. The number of aromatic nitrogens is 1. The van der Waals surface area contributed by atoms with Gasteiger partial charge in [-0.2, -0.15) is 8.42 Å². The SMILES string of the molecule is CC1=CC(C)(C)N(CCCC(=O)N(C)CCCS(=O)(=O)O)c2cc3oc(=O)c(-c4nc5ccccc5o4)cc3cc21. The fourth-order valence-electron chi connectivity index (χ4n) is 5.42. The summed E-state index contributed by atoms with van der Waals surface area (Å²) in [6.07, 6.45) is 3.20. The maximum atomic E-state index is 13.0. The molecule has 3 heterocycles. The summed E-state index contributed by atoms with van der Waals surface area (Å²) in [5.41, 5.74) is 4.05. The molecule has 0 bridgehead atoms. The Morgan fingerprint density at radius 3 is 2.54 bits per heavy atom. The van der Waals surface area contributed by atoms with Gasteiger partial charge in [0, 0.05) is 49.3 Å². The first kappa shape index (κ1) is 28.6. The van der Waals surface area contributed by atoms with Crippen LogP contribution in [-0.4, -0.2) is 60.2 Å². The van der Waals surface area contributed by atoms with Crippen molar-refractivity contribution in [1.29, 1.82) is 0 Å². The molecule has 0 saturated carbocycles. The lowest BCUT2D eigenvalue weighted by Crippen LogP contribution is -2.46.